The van der Waals surface area contributed by atoms with E-state index in [1.807, 2.05) is 18.2 Å². The summed E-state index contributed by atoms with van der Waals surface area (Å²) in [6.45, 7) is 3.95. The Hall–Kier alpha value is -2.57. The van der Waals surface area contributed by atoms with Crippen LogP contribution in [0.25, 0.3) is 11.1 Å². The summed E-state index contributed by atoms with van der Waals surface area (Å²) in [6, 6.07) is 15.7. The Morgan fingerprint density at radius 3 is 2.68 bits per heavy atom. The fraction of sp³-hybridized carbons (Fsp3) is 0.417. The van der Waals surface area contributed by atoms with Crippen LogP contribution in [-0.4, -0.2) is 41.1 Å². The van der Waals surface area contributed by atoms with Crippen molar-refractivity contribution in [3.8, 4) is 0 Å². The molecule has 1 N–H and O–H groups in total. The number of hydrogen-bond donors (Lipinski definition) is 1. The van der Waals surface area contributed by atoms with E-state index in [4.69, 9.17) is 16.0 Å². The van der Waals surface area contributed by atoms with Gasteiger partial charge in [-0.25, -0.2) is 4.79 Å². The number of fused-ring (bicyclic) bond motifs is 1. The van der Waals surface area contributed by atoms with Crippen LogP contribution in [0, 0.1) is 0 Å². The van der Waals surface area contributed by atoms with Crippen LogP contribution in [0.4, 0.5) is 0 Å². The van der Waals surface area contributed by atoms with Crippen molar-refractivity contribution in [2.24, 2.45) is 0 Å². The van der Waals surface area contributed by atoms with Gasteiger partial charge in [0.1, 0.15) is 0 Å². The molecule has 1 aliphatic rings. The molecule has 2 aromatic carbocycles. The number of carbonyl (C=O) groups is 1. The first-order valence-corrected chi connectivity index (χ1v) is 11.2. The zero-order chi connectivity index (χ0) is 21.8. The van der Waals surface area contributed by atoms with Gasteiger partial charge in [0.15, 0.2) is 5.58 Å². The molecule has 6 nitrogen and oxygen atoms in total. The third-order valence-electron chi connectivity index (χ3n) is 5.98. The number of nitrogens with one attached hydrogen (secondary N) is 1. The van der Waals surface area contributed by atoms with E-state index >= 15 is 0 Å². The minimum absolute atomic E-state index is 0.0522. The van der Waals surface area contributed by atoms with Crippen molar-refractivity contribution in [3.63, 3.8) is 0 Å². The lowest BCUT2D eigenvalue weighted by atomic mass is 10.0. The molecule has 1 saturated heterocycles. The van der Waals surface area contributed by atoms with Crippen molar-refractivity contribution < 1.29 is 9.21 Å². The highest BCUT2D eigenvalue weighted by Gasteiger charge is 2.25. The minimum Gasteiger partial charge on any atom is -0.408 e. The van der Waals surface area contributed by atoms with Crippen molar-refractivity contribution >= 4 is 28.6 Å². The fourth-order valence-corrected chi connectivity index (χ4v) is 4.48. The Labute approximate surface area is 186 Å². The molecule has 0 bridgehead atoms. The Morgan fingerprint density at radius 1 is 1.19 bits per heavy atom. The van der Waals surface area contributed by atoms with Crippen LogP contribution in [0.5, 0.6) is 0 Å². The van der Waals surface area contributed by atoms with Crippen molar-refractivity contribution in [1.82, 2.24) is 14.8 Å². The number of benzene rings is 2. The van der Waals surface area contributed by atoms with E-state index in [-0.39, 0.29) is 23.7 Å². The Kier molecular flexibility index (Phi) is 6.78. The molecule has 0 saturated carbocycles. The molecule has 7 heteroatoms. The van der Waals surface area contributed by atoms with E-state index in [0.29, 0.717) is 17.2 Å². The molecule has 1 unspecified atom stereocenters. The van der Waals surface area contributed by atoms with Gasteiger partial charge >= 0.3 is 5.76 Å². The number of piperidine rings is 1. The molecule has 4 rings (SSSR count). The number of oxazole rings is 1. The van der Waals surface area contributed by atoms with E-state index in [2.05, 4.69) is 29.3 Å². The highest BCUT2D eigenvalue weighted by atomic mass is 35.5. The number of likely N-dealkylation sites (tertiary alicyclic amines) is 1. The van der Waals surface area contributed by atoms with E-state index in [9.17, 15) is 9.59 Å². The molecule has 31 heavy (non-hydrogen) atoms. The summed E-state index contributed by atoms with van der Waals surface area (Å²) in [5.74, 6) is -0.294. The molecule has 3 aromatic rings. The second-order valence-corrected chi connectivity index (χ2v) is 8.79. The molecule has 0 radical (unpaired) electrons. The van der Waals surface area contributed by atoms with Crippen LogP contribution in [0.15, 0.2) is 57.7 Å². The molecule has 0 spiro atoms. The first kappa shape index (κ1) is 21.7. The van der Waals surface area contributed by atoms with Gasteiger partial charge in [0.05, 0.1) is 12.1 Å². The van der Waals surface area contributed by atoms with Crippen molar-refractivity contribution in [1.29, 1.82) is 0 Å². The van der Waals surface area contributed by atoms with E-state index in [0.717, 1.165) is 44.3 Å². The SMILES string of the molecule is CC(CCc1ccccc1)NC(=O)CN1CCC(n2c(=O)oc3ccc(Cl)cc32)CC1. The smallest absolute Gasteiger partial charge is 0.408 e. The van der Waals surface area contributed by atoms with Gasteiger partial charge in [-0.15, -0.1) is 0 Å². The number of halogens is 1. The number of rotatable bonds is 7. The molecule has 1 aromatic heterocycles. The first-order valence-electron chi connectivity index (χ1n) is 10.9. The quantitative estimate of drug-likeness (QED) is 0.601. The molecular weight excluding hydrogens is 414 g/mol. The topological polar surface area (TPSA) is 67.5 Å². The maximum Gasteiger partial charge on any atom is 0.420 e. The largest absolute Gasteiger partial charge is 0.420 e. The Balaban J connectivity index is 1.26. The summed E-state index contributed by atoms with van der Waals surface area (Å²) in [5, 5.41) is 3.69. The average Bonchev–Trinajstić information content (AvgIpc) is 3.08. The first-order chi connectivity index (χ1) is 15.0. The van der Waals surface area contributed by atoms with Crippen molar-refractivity contribution in [2.75, 3.05) is 19.6 Å². The highest BCUT2D eigenvalue weighted by Crippen LogP contribution is 2.27. The standard InChI is InChI=1S/C24H28ClN3O3/c1-17(7-8-18-5-3-2-4-6-18)26-23(29)16-27-13-11-20(12-14-27)28-21-15-19(25)9-10-22(21)31-24(28)30/h2-6,9-10,15,17,20H,7-8,11-14,16H2,1H3,(H,26,29). The van der Waals surface area contributed by atoms with Gasteiger partial charge in [-0.1, -0.05) is 41.9 Å². The second-order valence-electron chi connectivity index (χ2n) is 8.35. The molecule has 1 amide bonds. The Morgan fingerprint density at radius 2 is 1.94 bits per heavy atom. The number of carbonyl (C=O) groups excluding carboxylic acids is 1. The van der Waals surface area contributed by atoms with Crippen LogP contribution < -0.4 is 11.1 Å². The molecule has 1 fully saturated rings. The van der Waals surface area contributed by atoms with Crippen LogP contribution in [-0.2, 0) is 11.2 Å². The summed E-state index contributed by atoms with van der Waals surface area (Å²) in [7, 11) is 0. The predicted octanol–water partition coefficient (Wildman–Crippen LogP) is 4.02. The summed E-state index contributed by atoms with van der Waals surface area (Å²) < 4.78 is 7.08. The number of aromatic nitrogens is 1. The van der Waals surface area contributed by atoms with Crippen LogP contribution in [0.1, 0.15) is 37.8 Å². The van der Waals surface area contributed by atoms with Gasteiger partial charge in [-0.05, 0) is 56.4 Å². The van der Waals surface area contributed by atoms with Crippen molar-refractivity contribution in [2.45, 2.75) is 44.7 Å². The third-order valence-corrected chi connectivity index (χ3v) is 6.22. The van der Waals surface area contributed by atoms with Gasteiger partial charge in [0.25, 0.3) is 0 Å². The van der Waals surface area contributed by atoms with Crippen LogP contribution in [0.2, 0.25) is 5.02 Å². The predicted molar refractivity (Wildman–Crippen MR) is 123 cm³/mol. The maximum atomic E-state index is 12.5. The van der Waals surface area contributed by atoms with Gasteiger partial charge in [0.2, 0.25) is 5.91 Å². The zero-order valence-corrected chi connectivity index (χ0v) is 18.5. The normalized spacial score (nSPS) is 16.5. The van der Waals surface area contributed by atoms with Gasteiger partial charge in [-0.2, -0.15) is 0 Å². The van der Waals surface area contributed by atoms with E-state index < -0.39 is 0 Å². The third kappa shape index (κ3) is 5.38. The number of aryl methyl sites for hydroxylation is 1. The maximum absolute atomic E-state index is 12.5. The second kappa shape index (κ2) is 9.71. The molecule has 1 aliphatic heterocycles. The van der Waals surface area contributed by atoms with E-state index in [1.54, 1.807) is 22.8 Å². The molecule has 1 atom stereocenters. The number of hydrogen-bond acceptors (Lipinski definition) is 4. The average molecular weight is 442 g/mol. The summed E-state index contributed by atoms with van der Waals surface area (Å²) >= 11 is 6.11. The van der Waals surface area contributed by atoms with Crippen LogP contribution in [0.3, 0.4) is 0 Å². The lowest BCUT2D eigenvalue weighted by molar-refractivity contribution is -0.123. The zero-order valence-electron chi connectivity index (χ0n) is 17.7. The van der Waals surface area contributed by atoms with Gasteiger partial charge in [0, 0.05) is 30.2 Å². The Bertz CT molecular complexity index is 1080. The molecule has 2 heterocycles. The van der Waals surface area contributed by atoms with E-state index in [1.165, 1.54) is 5.56 Å². The van der Waals surface area contributed by atoms with Crippen LogP contribution >= 0.6 is 11.6 Å². The van der Waals surface area contributed by atoms with Gasteiger partial charge in [-0.3, -0.25) is 14.3 Å². The number of amides is 1. The monoisotopic (exact) mass is 441 g/mol. The highest BCUT2D eigenvalue weighted by molar-refractivity contribution is 6.31. The molecular formula is C24H28ClN3O3. The molecule has 164 valence electrons. The lowest BCUT2D eigenvalue weighted by Gasteiger charge is -2.32. The summed E-state index contributed by atoms with van der Waals surface area (Å²) in [4.78, 5) is 27.0. The fourth-order valence-electron chi connectivity index (χ4n) is 4.31. The lowest BCUT2D eigenvalue weighted by Crippen LogP contribution is -2.44. The molecule has 0 aliphatic carbocycles. The number of nitrogens with zero attached hydrogens (tertiary/aromatic N) is 2. The minimum atomic E-state index is -0.347. The van der Waals surface area contributed by atoms with Gasteiger partial charge < -0.3 is 9.73 Å². The summed E-state index contributed by atoms with van der Waals surface area (Å²) in [5.41, 5.74) is 2.58. The summed E-state index contributed by atoms with van der Waals surface area (Å²) in [6.07, 6.45) is 3.44. The van der Waals surface area contributed by atoms with Crippen molar-refractivity contribution in [3.05, 3.63) is 69.7 Å².